The minimum Gasteiger partial charge on any atom is -0.494 e. The van der Waals surface area contributed by atoms with E-state index in [1.807, 2.05) is 18.2 Å². The summed E-state index contributed by atoms with van der Waals surface area (Å²) in [5.74, 6) is 0.516. The van der Waals surface area contributed by atoms with Crippen molar-refractivity contribution in [3.8, 4) is 11.5 Å². The molecule has 0 radical (unpaired) electrons. The highest BCUT2D eigenvalue weighted by Crippen LogP contribution is 2.25. The second-order valence-corrected chi connectivity index (χ2v) is 9.25. The number of methoxy groups -OCH3 is 1. The van der Waals surface area contributed by atoms with Crippen LogP contribution in [0, 0.1) is 0 Å². The molecule has 10 heteroatoms. The van der Waals surface area contributed by atoms with E-state index in [0.29, 0.717) is 47.5 Å². The van der Waals surface area contributed by atoms with E-state index in [2.05, 4.69) is 6.58 Å². The van der Waals surface area contributed by atoms with E-state index in [4.69, 9.17) is 23.5 Å². The summed E-state index contributed by atoms with van der Waals surface area (Å²) in [6.07, 6.45) is 7.70. The smallest absolute Gasteiger partial charge is 0.494 e. The summed E-state index contributed by atoms with van der Waals surface area (Å²) in [5, 5.41) is 0. The molecule has 202 valence electrons. The Kier molecular flexibility index (Phi) is 9.22. The van der Waals surface area contributed by atoms with Crippen LogP contribution in [0.25, 0.3) is 0 Å². The van der Waals surface area contributed by atoms with E-state index < -0.39 is 25.0 Å². The van der Waals surface area contributed by atoms with Crippen LogP contribution in [0.1, 0.15) is 29.6 Å². The number of carbonyl (C=O) groups excluding carboxylic acids is 3. The molecular weight excluding hydrogens is 501 g/mol. The fraction of sp³-hybridized carbons (Fsp3) is 0.276. The van der Waals surface area contributed by atoms with Gasteiger partial charge in [0.25, 0.3) is 0 Å². The van der Waals surface area contributed by atoms with Crippen molar-refractivity contribution in [3.63, 3.8) is 0 Å². The van der Waals surface area contributed by atoms with E-state index in [1.165, 1.54) is 12.0 Å². The van der Waals surface area contributed by atoms with Crippen LogP contribution < -0.4 is 14.9 Å². The Bertz CT molecular complexity index is 1250. The van der Waals surface area contributed by atoms with Gasteiger partial charge in [-0.25, -0.2) is 4.79 Å². The third-order valence-corrected chi connectivity index (χ3v) is 6.13. The van der Waals surface area contributed by atoms with Crippen LogP contribution in [0.15, 0.2) is 84.7 Å². The molecule has 1 heterocycles. The molecule has 0 aromatic heterocycles. The van der Waals surface area contributed by atoms with Crippen LogP contribution in [0.2, 0.25) is 0 Å². The molecule has 2 aliphatic rings. The second kappa shape index (κ2) is 13.0. The molecule has 1 fully saturated rings. The van der Waals surface area contributed by atoms with Crippen LogP contribution in [0.3, 0.4) is 0 Å². The van der Waals surface area contributed by atoms with Gasteiger partial charge in [0.05, 0.1) is 25.8 Å². The maximum atomic E-state index is 12.0. The van der Waals surface area contributed by atoms with Gasteiger partial charge in [0, 0.05) is 11.9 Å². The number of ether oxygens (including phenoxy) is 3. The highest BCUT2D eigenvalue weighted by atomic mass is 16.6. The normalized spacial score (nSPS) is 19.6. The molecule has 1 atom stereocenters. The molecule has 39 heavy (non-hydrogen) atoms. The van der Waals surface area contributed by atoms with Crippen molar-refractivity contribution in [2.45, 2.75) is 25.4 Å². The summed E-state index contributed by atoms with van der Waals surface area (Å²) in [6, 6.07) is 13.7. The van der Waals surface area contributed by atoms with Crippen molar-refractivity contribution in [3.05, 3.63) is 90.2 Å². The van der Waals surface area contributed by atoms with Gasteiger partial charge in [-0.15, -0.1) is 0 Å². The van der Waals surface area contributed by atoms with Gasteiger partial charge in [0.2, 0.25) is 0 Å². The highest BCUT2D eigenvalue weighted by molar-refractivity contribution is 6.64. The first-order valence-corrected chi connectivity index (χ1v) is 12.6. The molecular formula is C29H30BNO8. The zero-order chi connectivity index (χ0) is 27.8. The predicted molar refractivity (Wildman–Crippen MR) is 145 cm³/mol. The van der Waals surface area contributed by atoms with Crippen molar-refractivity contribution >= 4 is 30.5 Å². The lowest BCUT2D eigenvalue weighted by molar-refractivity contribution is -0.145. The number of rotatable bonds is 6. The Morgan fingerprint density at radius 2 is 1.64 bits per heavy atom. The lowest BCUT2D eigenvalue weighted by atomic mass is 9.78. The quantitative estimate of drug-likeness (QED) is 0.411. The first-order chi connectivity index (χ1) is 18.8. The topological polar surface area (TPSA) is 101 Å². The van der Waals surface area contributed by atoms with E-state index in [9.17, 15) is 14.4 Å². The first-order valence-electron chi connectivity index (χ1n) is 12.6. The van der Waals surface area contributed by atoms with Gasteiger partial charge in [-0.1, -0.05) is 30.9 Å². The summed E-state index contributed by atoms with van der Waals surface area (Å²) in [6.45, 7) is 4.21. The number of nitrogens with zero attached hydrogens (tertiary/aromatic N) is 1. The van der Waals surface area contributed by atoms with Gasteiger partial charge in [-0.05, 0) is 67.9 Å². The minimum atomic E-state index is -1.09. The van der Waals surface area contributed by atoms with Crippen molar-refractivity contribution in [2.75, 3.05) is 27.2 Å². The lowest BCUT2D eigenvalue weighted by Crippen LogP contribution is -2.47. The average Bonchev–Trinajstić information content (AvgIpc) is 2.99. The van der Waals surface area contributed by atoms with Crippen molar-refractivity contribution in [2.24, 2.45) is 0 Å². The van der Waals surface area contributed by atoms with Crippen LogP contribution in [0.5, 0.6) is 11.5 Å². The number of hydrogen-bond donors (Lipinski definition) is 0. The zero-order valence-corrected chi connectivity index (χ0v) is 22.0. The molecule has 0 saturated carbocycles. The Labute approximate surface area is 227 Å². The lowest BCUT2D eigenvalue weighted by Gasteiger charge is -2.23. The van der Waals surface area contributed by atoms with Gasteiger partial charge < -0.3 is 23.5 Å². The fourth-order valence-corrected chi connectivity index (χ4v) is 4.06. The number of likely N-dealkylation sites (N-methyl/N-ethyl adjacent to an activating group) is 1. The van der Waals surface area contributed by atoms with E-state index >= 15 is 0 Å². The first kappa shape index (κ1) is 27.7. The standard InChI is InChI=1S/C29H30BNO8/c1-20-8-13-23(6-4-5-7-26(20)37-25-14-9-21(10-15-25)29(34)35-3)36-24-16-11-22(12-17-24)30-38-27(32)18-31(2)19-28(33)39-30/h4-5,7,9-12,14-17,23H,1,6,8,13,18-19H2,2-3H3/b5-4-,26-7?/t23-/m0/s1. The van der Waals surface area contributed by atoms with Crippen LogP contribution in [-0.2, 0) is 23.6 Å². The maximum absolute atomic E-state index is 12.0. The number of benzene rings is 2. The summed E-state index contributed by atoms with van der Waals surface area (Å²) in [5.41, 5.74) is 1.81. The molecule has 0 amide bonds. The molecule has 4 rings (SSSR count). The molecule has 9 nitrogen and oxygen atoms in total. The Morgan fingerprint density at radius 1 is 1.00 bits per heavy atom. The maximum Gasteiger partial charge on any atom is 0.636 e. The summed E-state index contributed by atoms with van der Waals surface area (Å²) in [4.78, 5) is 37.3. The number of hydrogen-bond acceptors (Lipinski definition) is 9. The molecule has 1 aliphatic carbocycles. The Morgan fingerprint density at radius 3 is 2.28 bits per heavy atom. The van der Waals surface area contributed by atoms with Crippen molar-refractivity contribution in [1.82, 2.24) is 4.90 Å². The molecule has 1 aliphatic heterocycles. The third kappa shape index (κ3) is 7.84. The van der Waals surface area contributed by atoms with Gasteiger partial charge in [0.15, 0.2) is 0 Å². The van der Waals surface area contributed by atoms with Gasteiger partial charge in [0.1, 0.15) is 23.4 Å². The molecule has 2 aromatic rings. The van der Waals surface area contributed by atoms with E-state index in [0.717, 1.165) is 5.57 Å². The summed E-state index contributed by atoms with van der Waals surface area (Å²) in [7, 11) is 1.89. The second-order valence-electron chi connectivity index (χ2n) is 9.25. The fourth-order valence-electron chi connectivity index (χ4n) is 4.06. The highest BCUT2D eigenvalue weighted by Gasteiger charge is 2.33. The molecule has 0 bridgehead atoms. The molecule has 0 unspecified atom stereocenters. The number of allylic oxidation sites excluding steroid dienone is 3. The minimum absolute atomic E-state index is 0.0105. The monoisotopic (exact) mass is 531 g/mol. The largest absolute Gasteiger partial charge is 0.636 e. The van der Waals surface area contributed by atoms with Gasteiger partial charge >= 0.3 is 25.0 Å². The van der Waals surface area contributed by atoms with Crippen LogP contribution in [-0.4, -0.2) is 63.3 Å². The average molecular weight is 531 g/mol. The van der Waals surface area contributed by atoms with Gasteiger partial charge in [-0.2, -0.15) is 0 Å². The van der Waals surface area contributed by atoms with E-state index in [-0.39, 0.29) is 19.2 Å². The third-order valence-electron chi connectivity index (χ3n) is 6.13. The number of carbonyl (C=O) groups is 3. The molecule has 1 saturated heterocycles. The molecule has 0 N–H and O–H groups in total. The summed E-state index contributed by atoms with van der Waals surface area (Å²) >= 11 is 0. The van der Waals surface area contributed by atoms with Crippen LogP contribution >= 0.6 is 0 Å². The van der Waals surface area contributed by atoms with Crippen molar-refractivity contribution < 1.29 is 37.9 Å². The van der Waals surface area contributed by atoms with Crippen molar-refractivity contribution in [1.29, 1.82) is 0 Å². The summed E-state index contributed by atoms with van der Waals surface area (Å²) < 4.78 is 27.6. The van der Waals surface area contributed by atoms with Crippen LogP contribution in [0.4, 0.5) is 0 Å². The van der Waals surface area contributed by atoms with Gasteiger partial charge in [-0.3, -0.25) is 14.5 Å². The van der Waals surface area contributed by atoms with E-state index in [1.54, 1.807) is 55.6 Å². The predicted octanol–water partition coefficient (Wildman–Crippen LogP) is 3.21. The molecule has 0 spiro atoms. The Hall–Kier alpha value is -4.31. The Balaban J connectivity index is 1.34. The SMILES string of the molecule is C=C1CC[C@@H](Oc2ccc(B3OC(=O)CN(C)CC(=O)O3)cc2)C/C=C\C=C1Oc1ccc(C(=O)OC)cc1. The number of esters is 1. The zero-order valence-electron chi connectivity index (χ0n) is 22.0. The molecule has 2 aromatic carbocycles.